The molecule has 0 spiro atoms. The lowest BCUT2D eigenvalue weighted by Crippen LogP contribution is -2.11. The highest BCUT2D eigenvalue weighted by Gasteiger charge is 2.22. The Morgan fingerprint density at radius 2 is 0.920 bits per heavy atom. The van der Waals surface area contributed by atoms with E-state index >= 15 is 0 Å². The minimum Gasteiger partial charge on any atom is -0.456 e. The molecule has 0 radical (unpaired) electrons. The summed E-state index contributed by atoms with van der Waals surface area (Å²) < 4.78 is 6.41. The third-order valence-electron chi connectivity index (χ3n) is 10.1. The van der Waals surface area contributed by atoms with E-state index in [1.54, 1.807) is 0 Å². The van der Waals surface area contributed by atoms with Crippen LogP contribution in [0.5, 0.6) is 0 Å². The van der Waals surface area contributed by atoms with E-state index in [2.05, 4.69) is 187 Å². The number of rotatable bonds is 5. The Hall–Kier alpha value is -6.64. The first-order valence-electron chi connectivity index (χ1n) is 17.1. The maximum absolute atomic E-state index is 6.41. The molecule has 9 aromatic carbocycles. The van der Waals surface area contributed by atoms with Gasteiger partial charge in [0.2, 0.25) is 0 Å². The van der Waals surface area contributed by atoms with Crippen LogP contribution in [0.25, 0.3) is 76.5 Å². The Morgan fingerprint density at radius 3 is 1.78 bits per heavy atom. The fourth-order valence-corrected chi connectivity index (χ4v) is 7.79. The number of benzene rings is 9. The molecule has 0 unspecified atom stereocenters. The van der Waals surface area contributed by atoms with Crippen molar-refractivity contribution in [2.75, 3.05) is 4.90 Å². The number of hydrogen-bond acceptors (Lipinski definition) is 2. The highest BCUT2D eigenvalue weighted by atomic mass is 16.3. The van der Waals surface area contributed by atoms with Crippen molar-refractivity contribution < 1.29 is 4.42 Å². The van der Waals surface area contributed by atoms with Gasteiger partial charge in [0.15, 0.2) is 0 Å². The highest BCUT2D eigenvalue weighted by Crippen LogP contribution is 2.47. The van der Waals surface area contributed by atoms with Crippen molar-refractivity contribution in [2.45, 2.75) is 0 Å². The third-order valence-corrected chi connectivity index (χ3v) is 10.1. The molecular formula is C48H31NO. The lowest BCUT2D eigenvalue weighted by atomic mass is 9.93. The van der Waals surface area contributed by atoms with Crippen LogP contribution >= 0.6 is 0 Å². The minimum atomic E-state index is 0.871. The summed E-state index contributed by atoms with van der Waals surface area (Å²) in [5.41, 5.74) is 9.79. The summed E-state index contributed by atoms with van der Waals surface area (Å²) in [4.78, 5) is 2.41. The largest absolute Gasteiger partial charge is 0.456 e. The smallest absolute Gasteiger partial charge is 0.137 e. The standard InChI is InChI=1S/C48H31NO/c1-3-16-36-32(13-1)15-11-22-39(36)41-20-7-9-23-44(41)49(45-24-12-26-47-48(45)42-21-8-10-25-46(42)50-47)35-29-27-33(28-30-35)43-31-34-14-2-4-17-37(34)38-18-5-6-19-40(38)43/h1-31H. The summed E-state index contributed by atoms with van der Waals surface area (Å²) in [5, 5.41) is 9.70. The molecule has 0 fully saturated rings. The van der Waals surface area contributed by atoms with E-state index in [0.29, 0.717) is 0 Å². The first kappa shape index (κ1) is 28.4. The number of furan rings is 1. The minimum absolute atomic E-state index is 0.871. The summed E-state index contributed by atoms with van der Waals surface area (Å²) in [7, 11) is 0. The van der Waals surface area contributed by atoms with Crippen molar-refractivity contribution in [2.24, 2.45) is 0 Å². The second kappa shape index (κ2) is 11.5. The Kier molecular flexibility index (Phi) is 6.53. The van der Waals surface area contributed by atoms with Gasteiger partial charge in [-0.1, -0.05) is 146 Å². The molecule has 1 heterocycles. The van der Waals surface area contributed by atoms with Gasteiger partial charge in [-0.3, -0.25) is 0 Å². The van der Waals surface area contributed by atoms with Crippen LogP contribution in [0.3, 0.4) is 0 Å². The molecule has 0 N–H and O–H groups in total. The average molecular weight is 638 g/mol. The van der Waals surface area contributed by atoms with Gasteiger partial charge in [0.25, 0.3) is 0 Å². The number of anilines is 3. The molecule has 2 nitrogen and oxygen atoms in total. The maximum atomic E-state index is 6.41. The molecule has 0 saturated heterocycles. The van der Waals surface area contributed by atoms with Gasteiger partial charge in [0.05, 0.1) is 16.8 Å². The SMILES string of the molecule is c1ccc(N(c2ccc(-c3cc4ccccc4c4ccccc34)cc2)c2cccc3oc4ccccc4c23)c(-c2cccc3ccccc23)c1. The fraction of sp³-hybridized carbons (Fsp3) is 0. The number of hydrogen-bond donors (Lipinski definition) is 0. The van der Waals surface area contributed by atoms with Crippen LogP contribution < -0.4 is 4.90 Å². The van der Waals surface area contributed by atoms with Crippen molar-refractivity contribution in [3.05, 3.63) is 188 Å². The van der Waals surface area contributed by atoms with Crippen molar-refractivity contribution in [1.82, 2.24) is 0 Å². The van der Waals surface area contributed by atoms with Gasteiger partial charge < -0.3 is 9.32 Å². The van der Waals surface area contributed by atoms with E-state index in [1.165, 1.54) is 54.6 Å². The van der Waals surface area contributed by atoms with Crippen molar-refractivity contribution in [3.8, 4) is 22.3 Å². The van der Waals surface area contributed by atoms with Crippen LogP contribution in [-0.4, -0.2) is 0 Å². The van der Waals surface area contributed by atoms with Gasteiger partial charge in [-0.2, -0.15) is 0 Å². The summed E-state index contributed by atoms with van der Waals surface area (Å²) in [6.45, 7) is 0. The Balaban J connectivity index is 1.22. The summed E-state index contributed by atoms with van der Waals surface area (Å²) in [6.07, 6.45) is 0. The molecule has 0 aliphatic rings. The summed E-state index contributed by atoms with van der Waals surface area (Å²) >= 11 is 0. The van der Waals surface area contributed by atoms with Crippen LogP contribution in [0, 0.1) is 0 Å². The fourth-order valence-electron chi connectivity index (χ4n) is 7.79. The van der Waals surface area contributed by atoms with Gasteiger partial charge in [0, 0.05) is 16.6 Å². The molecule has 0 amide bonds. The molecule has 10 rings (SSSR count). The van der Waals surface area contributed by atoms with Crippen molar-refractivity contribution in [1.29, 1.82) is 0 Å². The topological polar surface area (TPSA) is 16.4 Å². The Labute approximate surface area is 290 Å². The molecule has 0 aliphatic heterocycles. The lowest BCUT2D eigenvalue weighted by molar-refractivity contribution is 0.669. The molecule has 0 aliphatic carbocycles. The molecular weight excluding hydrogens is 607 g/mol. The van der Waals surface area contributed by atoms with E-state index in [4.69, 9.17) is 4.42 Å². The molecule has 0 bridgehead atoms. The third kappa shape index (κ3) is 4.50. The Morgan fingerprint density at radius 1 is 0.340 bits per heavy atom. The van der Waals surface area contributed by atoms with Crippen LogP contribution in [0.15, 0.2) is 192 Å². The first-order valence-corrected chi connectivity index (χ1v) is 17.1. The average Bonchev–Trinajstić information content (AvgIpc) is 3.58. The quantitative estimate of drug-likeness (QED) is 0.175. The predicted molar refractivity (Wildman–Crippen MR) is 212 cm³/mol. The van der Waals surface area contributed by atoms with Gasteiger partial charge in [0.1, 0.15) is 11.2 Å². The summed E-state index contributed by atoms with van der Waals surface area (Å²) in [6, 6.07) is 67.5. The van der Waals surface area contributed by atoms with E-state index < -0.39 is 0 Å². The summed E-state index contributed by atoms with van der Waals surface area (Å²) in [5.74, 6) is 0. The number of fused-ring (bicyclic) bond motifs is 7. The molecule has 234 valence electrons. The van der Waals surface area contributed by atoms with E-state index in [1.807, 2.05) is 6.07 Å². The molecule has 0 saturated carbocycles. The monoisotopic (exact) mass is 637 g/mol. The van der Waals surface area contributed by atoms with Crippen molar-refractivity contribution in [3.63, 3.8) is 0 Å². The normalized spacial score (nSPS) is 11.6. The second-order valence-corrected chi connectivity index (χ2v) is 12.9. The van der Waals surface area contributed by atoms with Gasteiger partial charge in [-0.25, -0.2) is 0 Å². The van der Waals surface area contributed by atoms with Crippen LogP contribution in [0.2, 0.25) is 0 Å². The molecule has 2 heteroatoms. The lowest BCUT2D eigenvalue weighted by Gasteiger charge is -2.29. The maximum Gasteiger partial charge on any atom is 0.137 e. The van der Waals surface area contributed by atoms with Crippen LogP contribution in [0.4, 0.5) is 17.1 Å². The van der Waals surface area contributed by atoms with E-state index in [-0.39, 0.29) is 0 Å². The predicted octanol–water partition coefficient (Wildman–Crippen LogP) is 13.8. The first-order chi connectivity index (χ1) is 24.8. The Bertz CT molecular complexity index is 2870. The van der Waals surface area contributed by atoms with Crippen molar-refractivity contribution >= 4 is 71.3 Å². The second-order valence-electron chi connectivity index (χ2n) is 12.9. The van der Waals surface area contributed by atoms with E-state index in [0.717, 1.165) is 39.0 Å². The van der Waals surface area contributed by atoms with E-state index in [9.17, 15) is 0 Å². The zero-order valence-electron chi connectivity index (χ0n) is 27.3. The highest BCUT2D eigenvalue weighted by molar-refractivity contribution is 6.15. The zero-order valence-corrected chi connectivity index (χ0v) is 27.3. The van der Waals surface area contributed by atoms with Gasteiger partial charge in [-0.15, -0.1) is 0 Å². The van der Waals surface area contributed by atoms with Crippen LogP contribution in [0.1, 0.15) is 0 Å². The molecule has 1 aromatic heterocycles. The molecule has 0 atom stereocenters. The number of nitrogens with zero attached hydrogens (tertiary/aromatic N) is 1. The zero-order chi connectivity index (χ0) is 33.0. The van der Waals surface area contributed by atoms with Gasteiger partial charge >= 0.3 is 0 Å². The number of para-hydroxylation sites is 2. The molecule has 10 aromatic rings. The van der Waals surface area contributed by atoms with Gasteiger partial charge in [-0.05, 0) is 91.5 Å². The molecule has 50 heavy (non-hydrogen) atoms. The van der Waals surface area contributed by atoms with Crippen LogP contribution in [-0.2, 0) is 0 Å².